The number of nitrogens with one attached hydrogen (secondary N) is 1. The lowest BCUT2D eigenvalue weighted by molar-refractivity contribution is 0.101. The van der Waals surface area contributed by atoms with Gasteiger partial charge in [0.15, 0.2) is 5.82 Å². The lowest BCUT2D eigenvalue weighted by atomic mass is 10.1. The molecule has 3 N–H and O–H groups in total. The van der Waals surface area contributed by atoms with Crippen molar-refractivity contribution in [1.29, 1.82) is 0 Å². The summed E-state index contributed by atoms with van der Waals surface area (Å²) in [4.78, 5) is 12.1. The highest BCUT2D eigenvalue weighted by Gasteiger charge is 2.20. The van der Waals surface area contributed by atoms with Gasteiger partial charge in [0.25, 0.3) is 5.91 Å². The largest absolute Gasteiger partial charge is 0.492 e. The summed E-state index contributed by atoms with van der Waals surface area (Å²) in [6.07, 6.45) is 0. The molecule has 0 bridgehead atoms. The maximum absolute atomic E-state index is 13.8. The number of nitrogens with two attached hydrogens (primary N) is 1. The van der Waals surface area contributed by atoms with Gasteiger partial charge in [0.1, 0.15) is 17.1 Å². The van der Waals surface area contributed by atoms with Crippen LogP contribution in [0.5, 0.6) is 5.75 Å². The van der Waals surface area contributed by atoms with Gasteiger partial charge in [-0.2, -0.15) is 0 Å². The Bertz CT molecular complexity index is 675. The molecule has 0 aliphatic heterocycles. The molecule has 0 aromatic heterocycles. The number of ether oxygens (including phenoxy) is 1. The van der Waals surface area contributed by atoms with E-state index in [1.54, 1.807) is 31.2 Å². The van der Waals surface area contributed by atoms with Gasteiger partial charge in [0.05, 0.1) is 18.0 Å². The molecule has 2 aromatic rings. The lowest BCUT2D eigenvalue weighted by Gasteiger charge is -2.12. The van der Waals surface area contributed by atoms with E-state index >= 15 is 0 Å². The summed E-state index contributed by atoms with van der Waals surface area (Å²) in [6.45, 7) is 2.18. The molecule has 0 atom stereocenters. The normalized spacial score (nSPS) is 10.2. The fourth-order valence-corrected chi connectivity index (χ4v) is 1.81. The standard InChI is InChI=1S/C15H14F2N2O2/c1-2-21-12-6-4-3-5-11(12)19-15(20)13-9(16)7-8-10(18)14(13)17/h3-8H,2,18H2,1H3,(H,19,20). The Morgan fingerprint density at radius 3 is 2.67 bits per heavy atom. The van der Waals surface area contributed by atoms with Crippen LogP contribution < -0.4 is 15.8 Å². The molecule has 0 spiro atoms. The maximum Gasteiger partial charge on any atom is 0.261 e. The van der Waals surface area contributed by atoms with Crippen molar-refractivity contribution in [2.75, 3.05) is 17.7 Å². The first-order valence-corrected chi connectivity index (χ1v) is 6.31. The van der Waals surface area contributed by atoms with Gasteiger partial charge >= 0.3 is 0 Å². The number of hydrogen-bond acceptors (Lipinski definition) is 3. The molecule has 0 radical (unpaired) electrons. The topological polar surface area (TPSA) is 64.3 Å². The predicted octanol–water partition coefficient (Wildman–Crippen LogP) is 3.20. The van der Waals surface area contributed by atoms with Crippen LogP contribution in [0.3, 0.4) is 0 Å². The quantitative estimate of drug-likeness (QED) is 0.851. The van der Waals surface area contributed by atoms with Crippen LogP contribution in [-0.4, -0.2) is 12.5 Å². The molecule has 4 nitrogen and oxygen atoms in total. The van der Waals surface area contributed by atoms with Gasteiger partial charge in [-0.05, 0) is 31.2 Å². The summed E-state index contributed by atoms with van der Waals surface area (Å²) >= 11 is 0. The van der Waals surface area contributed by atoms with E-state index in [0.717, 1.165) is 12.1 Å². The number of amides is 1. The molecular weight excluding hydrogens is 278 g/mol. The minimum atomic E-state index is -1.08. The second kappa shape index (κ2) is 6.21. The number of halogens is 2. The van der Waals surface area contributed by atoms with Crippen molar-refractivity contribution in [3.63, 3.8) is 0 Å². The summed E-state index contributed by atoms with van der Waals surface area (Å²) in [6, 6.07) is 8.63. The Balaban J connectivity index is 2.33. The molecule has 0 aliphatic rings. The second-order valence-corrected chi connectivity index (χ2v) is 4.21. The van der Waals surface area contributed by atoms with Gasteiger partial charge in [0, 0.05) is 0 Å². The maximum atomic E-state index is 13.8. The number of para-hydroxylation sites is 2. The zero-order chi connectivity index (χ0) is 15.4. The third kappa shape index (κ3) is 3.10. The number of benzene rings is 2. The van der Waals surface area contributed by atoms with Gasteiger partial charge in [-0.3, -0.25) is 4.79 Å². The first-order chi connectivity index (χ1) is 10.0. The van der Waals surface area contributed by atoms with Crippen LogP contribution in [0.25, 0.3) is 0 Å². The van der Waals surface area contributed by atoms with E-state index in [4.69, 9.17) is 10.5 Å². The minimum absolute atomic E-state index is 0.292. The fourth-order valence-electron chi connectivity index (χ4n) is 1.81. The fraction of sp³-hybridized carbons (Fsp3) is 0.133. The van der Waals surface area contributed by atoms with Crippen LogP contribution >= 0.6 is 0 Å². The molecule has 0 saturated carbocycles. The second-order valence-electron chi connectivity index (χ2n) is 4.21. The van der Waals surface area contributed by atoms with Crippen molar-refractivity contribution >= 4 is 17.3 Å². The van der Waals surface area contributed by atoms with E-state index < -0.39 is 23.1 Å². The number of carbonyl (C=O) groups is 1. The molecule has 110 valence electrons. The van der Waals surface area contributed by atoms with Crippen LogP contribution in [0.15, 0.2) is 36.4 Å². The van der Waals surface area contributed by atoms with Crippen molar-refractivity contribution in [1.82, 2.24) is 0 Å². The monoisotopic (exact) mass is 292 g/mol. The minimum Gasteiger partial charge on any atom is -0.492 e. The molecule has 0 saturated heterocycles. The molecule has 0 heterocycles. The first-order valence-electron chi connectivity index (χ1n) is 6.31. The molecule has 0 unspecified atom stereocenters. The number of hydrogen-bond donors (Lipinski definition) is 2. The van der Waals surface area contributed by atoms with Gasteiger partial charge in [-0.15, -0.1) is 0 Å². The third-order valence-electron chi connectivity index (χ3n) is 2.78. The molecular formula is C15H14F2N2O2. The Labute approximate surface area is 120 Å². The summed E-state index contributed by atoms with van der Waals surface area (Å²) in [5.74, 6) is -2.57. The summed E-state index contributed by atoms with van der Waals surface area (Å²) < 4.78 is 32.8. The molecule has 2 rings (SSSR count). The molecule has 1 amide bonds. The Morgan fingerprint density at radius 2 is 1.95 bits per heavy atom. The van der Waals surface area contributed by atoms with Crippen LogP contribution in [0.1, 0.15) is 17.3 Å². The number of anilines is 2. The highest BCUT2D eigenvalue weighted by molar-refractivity contribution is 6.05. The van der Waals surface area contributed by atoms with E-state index in [0.29, 0.717) is 18.0 Å². The highest BCUT2D eigenvalue weighted by Crippen LogP contribution is 2.26. The molecule has 21 heavy (non-hydrogen) atoms. The van der Waals surface area contributed by atoms with Gasteiger partial charge in [0.2, 0.25) is 0 Å². The zero-order valence-electron chi connectivity index (χ0n) is 11.3. The Kier molecular flexibility index (Phi) is 4.37. The van der Waals surface area contributed by atoms with Crippen molar-refractivity contribution < 1.29 is 18.3 Å². The SMILES string of the molecule is CCOc1ccccc1NC(=O)c1c(F)ccc(N)c1F. The van der Waals surface area contributed by atoms with Gasteiger partial charge < -0.3 is 15.8 Å². The number of carbonyl (C=O) groups excluding carboxylic acids is 1. The summed E-state index contributed by atoms with van der Waals surface area (Å²) in [7, 11) is 0. The van der Waals surface area contributed by atoms with Gasteiger partial charge in [-0.1, -0.05) is 12.1 Å². The summed E-state index contributed by atoms with van der Waals surface area (Å²) in [5, 5.41) is 2.42. The molecule has 0 fully saturated rings. The van der Waals surface area contributed by atoms with E-state index in [-0.39, 0.29) is 5.69 Å². The highest BCUT2D eigenvalue weighted by atomic mass is 19.1. The Morgan fingerprint density at radius 1 is 1.24 bits per heavy atom. The molecule has 6 heteroatoms. The van der Waals surface area contributed by atoms with Crippen LogP contribution in [0.4, 0.5) is 20.2 Å². The van der Waals surface area contributed by atoms with Crippen LogP contribution in [0.2, 0.25) is 0 Å². The number of nitrogen functional groups attached to an aromatic ring is 1. The third-order valence-corrected chi connectivity index (χ3v) is 2.78. The van der Waals surface area contributed by atoms with Crippen molar-refractivity contribution in [3.8, 4) is 5.75 Å². The summed E-state index contributed by atoms with van der Waals surface area (Å²) in [5.41, 5.74) is 4.66. The lowest BCUT2D eigenvalue weighted by Crippen LogP contribution is -2.17. The van der Waals surface area contributed by atoms with E-state index in [9.17, 15) is 13.6 Å². The van der Waals surface area contributed by atoms with Crippen LogP contribution in [0, 0.1) is 11.6 Å². The average Bonchev–Trinajstić information content (AvgIpc) is 2.46. The average molecular weight is 292 g/mol. The smallest absolute Gasteiger partial charge is 0.261 e. The first kappa shape index (κ1) is 14.8. The predicted molar refractivity (Wildman–Crippen MR) is 76.3 cm³/mol. The van der Waals surface area contributed by atoms with E-state index in [1.165, 1.54) is 0 Å². The Hall–Kier alpha value is -2.63. The zero-order valence-corrected chi connectivity index (χ0v) is 11.3. The van der Waals surface area contributed by atoms with Gasteiger partial charge in [-0.25, -0.2) is 8.78 Å². The molecule has 0 aliphatic carbocycles. The van der Waals surface area contributed by atoms with Crippen LogP contribution in [-0.2, 0) is 0 Å². The van der Waals surface area contributed by atoms with Crippen molar-refractivity contribution in [2.45, 2.75) is 6.92 Å². The van der Waals surface area contributed by atoms with E-state index in [2.05, 4.69) is 5.32 Å². The van der Waals surface area contributed by atoms with Crippen molar-refractivity contribution in [3.05, 3.63) is 53.6 Å². The molecule has 2 aromatic carbocycles. The van der Waals surface area contributed by atoms with Crippen molar-refractivity contribution in [2.24, 2.45) is 0 Å². The number of rotatable bonds is 4. The van der Waals surface area contributed by atoms with E-state index in [1.807, 2.05) is 0 Å².